The van der Waals surface area contributed by atoms with E-state index in [0.717, 1.165) is 23.1 Å². The van der Waals surface area contributed by atoms with Crippen LogP contribution in [0.5, 0.6) is 0 Å². The molecule has 0 radical (unpaired) electrons. The normalized spacial score (nSPS) is 17.0. The summed E-state index contributed by atoms with van der Waals surface area (Å²) in [6.45, 7) is 2.01. The number of aryl methyl sites for hydroxylation is 2. The van der Waals surface area contributed by atoms with E-state index in [1.807, 2.05) is 19.1 Å². The number of carbonyl (C=O) groups is 1. The van der Waals surface area contributed by atoms with Crippen LogP contribution in [0.25, 0.3) is 0 Å². The molecule has 0 saturated carbocycles. The molecule has 0 fully saturated rings. The van der Waals surface area contributed by atoms with Gasteiger partial charge in [0, 0.05) is 12.1 Å². The van der Waals surface area contributed by atoms with Gasteiger partial charge in [0.15, 0.2) is 10.7 Å². The average molecular weight is 335 g/mol. The van der Waals surface area contributed by atoms with Gasteiger partial charge in [-0.3, -0.25) is 5.10 Å². The molecule has 3 rings (SSSR count). The number of rotatable bonds is 4. The van der Waals surface area contributed by atoms with Crippen molar-refractivity contribution in [1.82, 2.24) is 14.9 Å². The second kappa shape index (κ2) is 5.78. The molecule has 1 atom stereocenters. The highest BCUT2D eigenvalue weighted by Crippen LogP contribution is 2.32. The minimum Gasteiger partial charge on any atom is -0.464 e. The Morgan fingerprint density at radius 1 is 1.39 bits per heavy atom. The first-order chi connectivity index (χ1) is 10.9. The van der Waals surface area contributed by atoms with Gasteiger partial charge < -0.3 is 4.74 Å². The minimum absolute atomic E-state index is 0.0738. The maximum Gasteiger partial charge on any atom is 0.358 e. The molecule has 2 N–H and O–H groups in total. The molecule has 1 aromatic carbocycles. The van der Waals surface area contributed by atoms with Gasteiger partial charge in [0.05, 0.1) is 7.11 Å². The summed E-state index contributed by atoms with van der Waals surface area (Å²) >= 11 is 0. The third-order valence-corrected chi connectivity index (χ3v) is 5.30. The lowest BCUT2D eigenvalue weighted by atomic mass is 10.1. The van der Waals surface area contributed by atoms with Gasteiger partial charge in [-0.25, -0.2) is 17.9 Å². The van der Waals surface area contributed by atoms with Gasteiger partial charge in [0.25, 0.3) is 10.0 Å². The van der Waals surface area contributed by atoms with Crippen molar-refractivity contribution in [3.05, 3.63) is 46.6 Å². The first-order valence-electron chi connectivity index (χ1n) is 7.16. The van der Waals surface area contributed by atoms with Crippen LogP contribution in [0.2, 0.25) is 0 Å². The van der Waals surface area contributed by atoms with E-state index in [1.54, 1.807) is 0 Å². The fraction of sp³-hybridized carbons (Fsp3) is 0.333. The molecule has 0 aliphatic heterocycles. The lowest BCUT2D eigenvalue weighted by molar-refractivity contribution is 0.0594. The summed E-state index contributed by atoms with van der Waals surface area (Å²) in [5.41, 5.74) is 3.24. The number of esters is 1. The number of fused-ring (bicyclic) bond motifs is 1. The van der Waals surface area contributed by atoms with Gasteiger partial charge in [0.2, 0.25) is 0 Å². The molecule has 0 saturated heterocycles. The predicted molar refractivity (Wildman–Crippen MR) is 82.5 cm³/mol. The Balaban J connectivity index is 1.83. The van der Waals surface area contributed by atoms with Crippen LogP contribution in [0.1, 0.15) is 39.6 Å². The van der Waals surface area contributed by atoms with Crippen molar-refractivity contribution in [2.75, 3.05) is 7.11 Å². The Hall–Kier alpha value is -2.19. The molecule has 0 amide bonds. The van der Waals surface area contributed by atoms with Crippen LogP contribution in [-0.2, 0) is 21.2 Å². The van der Waals surface area contributed by atoms with Crippen molar-refractivity contribution >= 4 is 16.0 Å². The van der Waals surface area contributed by atoms with E-state index in [-0.39, 0.29) is 16.8 Å². The fourth-order valence-electron chi connectivity index (χ4n) is 2.77. The smallest absolute Gasteiger partial charge is 0.358 e. The molecule has 1 unspecified atom stereocenters. The fourth-order valence-corrected chi connectivity index (χ4v) is 3.95. The van der Waals surface area contributed by atoms with Crippen LogP contribution in [0.3, 0.4) is 0 Å². The number of carbonyl (C=O) groups excluding carboxylic acids is 1. The van der Waals surface area contributed by atoms with Crippen molar-refractivity contribution in [3.63, 3.8) is 0 Å². The summed E-state index contributed by atoms with van der Waals surface area (Å²) in [6.07, 6.45) is 1.54. The maximum atomic E-state index is 12.5. The minimum atomic E-state index is -3.79. The zero-order chi connectivity index (χ0) is 16.6. The van der Waals surface area contributed by atoms with E-state index in [4.69, 9.17) is 0 Å². The number of methoxy groups -OCH3 is 1. The van der Waals surface area contributed by atoms with Crippen molar-refractivity contribution in [3.8, 4) is 0 Å². The topological polar surface area (TPSA) is 101 Å². The number of nitrogens with zero attached hydrogens (tertiary/aromatic N) is 1. The number of ether oxygens (including phenoxy) is 1. The van der Waals surface area contributed by atoms with E-state index in [1.165, 1.54) is 13.2 Å². The number of aromatic amines is 1. The first kappa shape index (κ1) is 15.7. The van der Waals surface area contributed by atoms with Crippen LogP contribution < -0.4 is 4.72 Å². The largest absolute Gasteiger partial charge is 0.464 e. The summed E-state index contributed by atoms with van der Waals surface area (Å²) in [4.78, 5) is 11.4. The third kappa shape index (κ3) is 2.99. The lowest BCUT2D eigenvalue weighted by Gasteiger charge is -2.13. The number of hydrogen-bond donors (Lipinski definition) is 2. The number of aromatic nitrogens is 2. The van der Waals surface area contributed by atoms with E-state index in [0.29, 0.717) is 6.42 Å². The molecule has 1 aliphatic carbocycles. The second-order valence-electron chi connectivity index (χ2n) is 5.52. The number of nitrogens with one attached hydrogen (secondary N) is 2. The summed E-state index contributed by atoms with van der Waals surface area (Å²) in [7, 11) is -2.58. The number of sulfonamides is 1. The summed E-state index contributed by atoms with van der Waals surface area (Å²) in [5, 5.41) is 5.88. The van der Waals surface area contributed by atoms with Crippen LogP contribution >= 0.6 is 0 Å². The molecule has 0 spiro atoms. The van der Waals surface area contributed by atoms with Crippen LogP contribution in [-0.4, -0.2) is 31.7 Å². The quantitative estimate of drug-likeness (QED) is 0.824. The summed E-state index contributed by atoms with van der Waals surface area (Å²) in [6, 6.07) is 6.89. The number of hydrogen-bond acceptors (Lipinski definition) is 5. The van der Waals surface area contributed by atoms with Crippen LogP contribution in [0, 0.1) is 6.92 Å². The van der Waals surface area contributed by atoms with Gasteiger partial charge >= 0.3 is 5.97 Å². The summed E-state index contributed by atoms with van der Waals surface area (Å²) < 4.78 is 32.1. The van der Waals surface area contributed by atoms with Crippen molar-refractivity contribution in [2.24, 2.45) is 0 Å². The van der Waals surface area contributed by atoms with Gasteiger partial charge in [-0.05, 0) is 30.9 Å². The zero-order valence-corrected chi connectivity index (χ0v) is 13.6. The average Bonchev–Trinajstić information content (AvgIpc) is 3.14. The van der Waals surface area contributed by atoms with Crippen LogP contribution in [0.4, 0.5) is 0 Å². The SMILES string of the molecule is COC(=O)c1cc(S(=O)(=O)NC2CCc3cc(C)ccc32)[nH]n1. The first-order valence-corrected chi connectivity index (χ1v) is 8.64. The van der Waals surface area contributed by atoms with Crippen molar-refractivity contribution in [2.45, 2.75) is 30.8 Å². The Bertz CT molecular complexity index is 857. The molecule has 1 aromatic heterocycles. The molecule has 1 heterocycles. The van der Waals surface area contributed by atoms with Gasteiger partial charge in [-0.15, -0.1) is 0 Å². The molecule has 23 heavy (non-hydrogen) atoms. The Morgan fingerprint density at radius 2 is 2.17 bits per heavy atom. The second-order valence-corrected chi connectivity index (χ2v) is 7.21. The van der Waals surface area contributed by atoms with E-state index >= 15 is 0 Å². The maximum absolute atomic E-state index is 12.5. The Morgan fingerprint density at radius 3 is 2.91 bits per heavy atom. The zero-order valence-electron chi connectivity index (χ0n) is 12.8. The molecule has 0 bridgehead atoms. The standard InChI is InChI=1S/C15H17N3O4S/c1-9-3-5-11-10(7-9)4-6-12(11)18-23(20,21)14-8-13(16-17-14)15(19)22-2/h3,5,7-8,12,18H,4,6H2,1-2H3,(H,16,17). The Kier molecular flexibility index (Phi) is 3.95. The molecule has 7 nitrogen and oxygen atoms in total. The van der Waals surface area contributed by atoms with Gasteiger partial charge in [-0.2, -0.15) is 5.10 Å². The molecule has 8 heteroatoms. The Labute approximate surface area is 134 Å². The van der Waals surface area contributed by atoms with Crippen molar-refractivity contribution < 1.29 is 17.9 Å². The number of benzene rings is 1. The highest BCUT2D eigenvalue weighted by Gasteiger charge is 2.29. The summed E-state index contributed by atoms with van der Waals surface area (Å²) in [5.74, 6) is -0.690. The molecular formula is C15H17N3O4S. The van der Waals surface area contributed by atoms with Gasteiger partial charge in [0.1, 0.15) is 0 Å². The van der Waals surface area contributed by atoms with Crippen molar-refractivity contribution in [1.29, 1.82) is 0 Å². The van der Waals surface area contributed by atoms with E-state index in [2.05, 4.69) is 25.7 Å². The highest BCUT2D eigenvalue weighted by molar-refractivity contribution is 7.89. The molecule has 122 valence electrons. The monoisotopic (exact) mass is 335 g/mol. The predicted octanol–water partition coefficient (Wildman–Crippen LogP) is 1.47. The highest BCUT2D eigenvalue weighted by atomic mass is 32.2. The van der Waals surface area contributed by atoms with Gasteiger partial charge in [-0.1, -0.05) is 23.8 Å². The van der Waals surface area contributed by atoms with Crippen LogP contribution in [0.15, 0.2) is 29.3 Å². The number of H-pyrrole nitrogens is 1. The third-order valence-electron chi connectivity index (χ3n) is 3.91. The van der Waals surface area contributed by atoms with E-state index in [9.17, 15) is 13.2 Å². The molecule has 2 aromatic rings. The molecular weight excluding hydrogens is 318 g/mol. The molecule has 1 aliphatic rings. The lowest BCUT2D eigenvalue weighted by Crippen LogP contribution is -2.27. The van der Waals surface area contributed by atoms with E-state index < -0.39 is 16.0 Å².